The molecule has 3 rings (SSSR count). The van der Waals surface area contributed by atoms with E-state index in [0.717, 1.165) is 5.69 Å². The average Bonchev–Trinajstić information content (AvgIpc) is 2.98. The van der Waals surface area contributed by atoms with Crippen LogP contribution in [0.2, 0.25) is 0 Å². The Kier molecular flexibility index (Phi) is 4.46. The van der Waals surface area contributed by atoms with Gasteiger partial charge in [0, 0.05) is 19.3 Å². The van der Waals surface area contributed by atoms with E-state index in [4.69, 9.17) is 0 Å². The average molecular weight is 327 g/mol. The zero-order valence-corrected chi connectivity index (χ0v) is 13.3. The van der Waals surface area contributed by atoms with Crippen molar-refractivity contribution in [2.75, 3.05) is 23.8 Å². The Balaban J connectivity index is 1.69. The third-order valence-electron chi connectivity index (χ3n) is 4.15. The molecule has 1 aliphatic rings. The zero-order valence-electron chi connectivity index (χ0n) is 13.3. The molecule has 1 atom stereocenters. The molecule has 3 amide bonds. The van der Waals surface area contributed by atoms with Crippen LogP contribution >= 0.6 is 0 Å². The van der Waals surface area contributed by atoms with Gasteiger partial charge >= 0.3 is 6.03 Å². The molecular formula is C18H18FN3O2. The van der Waals surface area contributed by atoms with Crippen molar-refractivity contribution in [3.63, 3.8) is 0 Å². The number of urea groups is 1. The number of hydrogen-bond donors (Lipinski definition) is 1. The highest BCUT2D eigenvalue weighted by molar-refractivity contribution is 6.02. The van der Waals surface area contributed by atoms with Crippen molar-refractivity contribution in [2.45, 2.75) is 12.5 Å². The number of nitrogens with one attached hydrogen (secondary N) is 1. The van der Waals surface area contributed by atoms with E-state index < -0.39 is 17.9 Å². The molecule has 2 aromatic carbocycles. The molecule has 0 radical (unpaired) electrons. The first-order valence-electron chi connectivity index (χ1n) is 7.72. The second-order valence-electron chi connectivity index (χ2n) is 5.65. The molecule has 0 spiro atoms. The standard InChI is InChI=1S/C18H18FN3O2/c1-21(18(24)20-15-10-6-5-9-14(15)19)16-11-12-22(17(16)23)13-7-3-2-4-8-13/h2-10,16H,11-12H2,1H3,(H,20,24)/t16-/m0/s1. The van der Waals surface area contributed by atoms with E-state index in [-0.39, 0.29) is 11.6 Å². The van der Waals surface area contributed by atoms with E-state index in [9.17, 15) is 14.0 Å². The first-order valence-corrected chi connectivity index (χ1v) is 7.72. The molecule has 0 aliphatic carbocycles. The molecule has 1 fully saturated rings. The van der Waals surface area contributed by atoms with Gasteiger partial charge in [0.2, 0.25) is 5.91 Å². The normalized spacial score (nSPS) is 17.0. The molecule has 6 heteroatoms. The molecule has 0 bridgehead atoms. The van der Waals surface area contributed by atoms with E-state index in [2.05, 4.69) is 5.32 Å². The van der Waals surface area contributed by atoms with Gasteiger partial charge in [0.25, 0.3) is 0 Å². The summed E-state index contributed by atoms with van der Waals surface area (Å²) in [6.45, 7) is 0.546. The van der Waals surface area contributed by atoms with Gasteiger partial charge in [0.05, 0.1) is 5.69 Å². The van der Waals surface area contributed by atoms with Crippen LogP contribution < -0.4 is 10.2 Å². The molecule has 1 aliphatic heterocycles. The molecule has 0 unspecified atom stereocenters. The third kappa shape index (κ3) is 3.08. The first-order chi connectivity index (χ1) is 11.6. The minimum absolute atomic E-state index is 0.0970. The number of likely N-dealkylation sites (N-methyl/N-ethyl adjacent to an activating group) is 1. The minimum Gasteiger partial charge on any atom is -0.315 e. The lowest BCUT2D eigenvalue weighted by atomic mass is 10.2. The van der Waals surface area contributed by atoms with Gasteiger partial charge in [-0.25, -0.2) is 9.18 Å². The van der Waals surface area contributed by atoms with E-state index >= 15 is 0 Å². The second kappa shape index (κ2) is 6.70. The van der Waals surface area contributed by atoms with Crippen molar-refractivity contribution in [1.29, 1.82) is 0 Å². The number of para-hydroxylation sites is 2. The highest BCUT2D eigenvalue weighted by Gasteiger charge is 2.37. The van der Waals surface area contributed by atoms with Gasteiger partial charge in [-0.1, -0.05) is 30.3 Å². The molecule has 0 aromatic heterocycles. The number of amides is 3. The summed E-state index contributed by atoms with van der Waals surface area (Å²) in [5.41, 5.74) is 0.910. The topological polar surface area (TPSA) is 52.7 Å². The van der Waals surface area contributed by atoms with Crippen molar-refractivity contribution in [3.05, 3.63) is 60.4 Å². The van der Waals surface area contributed by atoms with Crippen molar-refractivity contribution in [3.8, 4) is 0 Å². The summed E-state index contributed by atoms with van der Waals surface area (Å²) in [6, 6.07) is 14.2. The Morgan fingerprint density at radius 2 is 1.83 bits per heavy atom. The summed E-state index contributed by atoms with van der Waals surface area (Å²) in [6.07, 6.45) is 0.537. The van der Waals surface area contributed by atoms with E-state index in [0.29, 0.717) is 13.0 Å². The quantitative estimate of drug-likeness (QED) is 0.942. The van der Waals surface area contributed by atoms with E-state index in [1.165, 1.54) is 17.0 Å². The van der Waals surface area contributed by atoms with Gasteiger partial charge in [0.1, 0.15) is 11.9 Å². The number of nitrogens with zero attached hydrogens (tertiary/aromatic N) is 2. The lowest BCUT2D eigenvalue weighted by molar-refractivity contribution is -0.120. The van der Waals surface area contributed by atoms with Crippen LogP contribution in [0.1, 0.15) is 6.42 Å². The maximum absolute atomic E-state index is 13.6. The van der Waals surface area contributed by atoms with E-state index in [1.54, 1.807) is 24.1 Å². The van der Waals surface area contributed by atoms with Crippen LogP contribution in [0.25, 0.3) is 0 Å². The summed E-state index contributed by atoms with van der Waals surface area (Å²) in [5, 5.41) is 2.50. The Bertz CT molecular complexity index is 751. The summed E-state index contributed by atoms with van der Waals surface area (Å²) in [7, 11) is 1.55. The summed E-state index contributed by atoms with van der Waals surface area (Å²) in [5.74, 6) is -0.643. The van der Waals surface area contributed by atoms with E-state index in [1.807, 2.05) is 30.3 Å². The predicted octanol–water partition coefficient (Wildman–Crippen LogP) is 3.09. The SMILES string of the molecule is CN(C(=O)Nc1ccccc1F)[C@H]1CCN(c2ccccc2)C1=O. The highest BCUT2D eigenvalue weighted by atomic mass is 19.1. The molecule has 0 saturated carbocycles. The largest absolute Gasteiger partial charge is 0.322 e. The zero-order chi connectivity index (χ0) is 17.1. The first kappa shape index (κ1) is 16.0. The van der Waals surface area contributed by atoms with Crippen LogP contribution in [0, 0.1) is 5.82 Å². The fourth-order valence-electron chi connectivity index (χ4n) is 2.80. The maximum atomic E-state index is 13.6. The van der Waals surface area contributed by atoms with Crippen molar-refractivity contribution in [2.24, 2.45) is 0 Å². The number of carbonyl (C=O) groups excluding carboxylic acids is 2. The van der Waals surface area contributed by atoms with Crippen LogP contribution in [0.3, 0.4) is 0 Å². The number of carbonyl (C=O) groups is 2. The Hall–Kier alpha value is -2.89. The number of anilines is 2. The number of rotatable bonds is 3. The Morgan fingerprint density at radius 3 is 2.54 bits per heavy atom. The molecule has 1 heterocycles. The molecule has 1 N–H and O–H groups in total. The van der Waals surface area contributed by atoms with Crippen LogP contribution in [0.15, 0.2) is 54.6 Å². The van der Waals surface area contributed by atoms with Gasteiger partial charge in [-0.15, -0.1) is 0 Å². The van der Waals surface area contributed by atoms with Crippen molar-refractivity contribution in [1.82, 2.24) is 4.90 Å². The van der Waals surface area contributed by atoms with Crippen LogP contribution in [0.5, 0.6) is 0 Å². The van der Waals surface area contributed by atoms with Gasteiger partial charge in [0.15, 0.2) is 0 Å². The van der Waals surface area contributed by atoms with Crippen molar-refractivity contribution >= 4 is 23.3 Å². The maximum Gasteiger partial charge on any atom is 0.322 e. The highest BCUT2D eigenvalue weighted by Crippen LogP contribution is 2.24. The van der Waals surface area contributed by atoms with Gasteiger partial charge in [-0.2, -0.15) is 0 Å². The lowest BCUT2D eigenvalue weighted by Gasteiger charge is -2.24. The van der Waals surface area contributed by atoms with Crippen molar-refractivity contribution < 1.29 is 14.0 Å². The van der Waals surface area contributed by atoms with Crippen LogP contribution in [0.4, 0.5) is 20.6 Å². The summed E-state index contributed by atoms with van der Waals surface area (Å²) < 4.78 is 13.6. The number of halogens is 1. The molecule has 5 nitrogen and oxygen atoms in total. The molecule has 124 valence electrons. The van der Waals surface area contributed by atoms with Crippen LogP contribution in [-0.4, -0.2) is 36.5 Å². The molecular weight excluding hydrogens is 309 g/mol. The number of hydrogen-bond acceptors (Lipinski definition) is 2. The monoisotopic (exact) mass is 327 g/mol. The predicted molar refractivity (Wildman–Crippen MR) is 90.4 cm³/mol. The molecule has 2 aromatic rings. The van der Waals surface area contributed by atoms with Gasteiger partial charge in [-0.3, -0.25) is 4.79 Å². The smallest absolute Gasteiger partial charge is 0.315 e. The summed E-state index contributed by atoms with van der Waals surface area (Å²) in [4.78, 5) is 27.9. The van der Waals surface area contributed by atoms with Gasteiger partial charge in [-0.05, 0) is 30.7 Å². The van der Waals surface area contributed by atoms with Gasteiger partial charge < -0.3 is 15.1 Å². The molecule has 1 saturated heterocycles. The Morgan fingerprint density at radius 1 is 1.17 bits per heavy atom. The molecule has 24 heavy (non-hydrogen) atoms. The lowest BCUT2D eigenvalue weighted by Crippen LogP contribution is -2.44. The fraction of sp³-hybridized carbons (Fsp3) is 0.222. The Labute approximate surface area is 139 Å². The fourth-order valence-corrected chi connectivity index (χ4v) is 2.80. The summed E-state index contributed by atoms with van der Waals surface area (Å²) >= 11 is 0. The number of benzene rings is 2. The van der Waals surface area contributed by atoms with Crippen LogP contribution in [-0.2, 0) is 4.79 Å². The third-order valence-corrected chi connectivity index (χ3v) is 4.15. The second-order valence-corrected chi connectivity index (χ2v) is 5.65. The minimum atomic E-state index is -0.558.